The second-order valence-electron chi connectivity index (χ2n) is 8.52. The zero-order chi connectivity index (χ0) is 20.5. The van der Waals surface area contributed by atoms with Gasteiger partial charge in [-0.3, -0.25) is 0 Å². The Morgan fingerprint density at radius 3 is 1.48 bits per heavy atom. The van der Waals surface area contributed by atoms with Crippen molar-refractivity contribution in [2.24, 2.45) is 0 Å². The van der Waals surface area contributed by atoms with Crippen LogP contribution in [0.25, 0.3) is 60.0 Å². The van der Waals surface area contributed by atoms with Crippen LogP contribution in [-0.4, -0.2) is 0 Å². The van der Waals surface area contributed by atoms with Crippen molar-refractivity contribution < 1.29 is 4.40 Å². The van der Waals surface area contributed by atoms with Crippen LogP contribution in [0.2, 0.25) is 0 Å². The lowest BCUT2D eigenvalue weighted by Crippen LogP contribution is -2.26. The van der Waals surface area contributed by atoms with Crippen LogP contribution >= 0.6 is 0 Å². The third kappa shape index (κ3) is 2.23. The van der Waals surface area contributed by atoms with E-state index in [-0.39, 0.29) is 0 Å². The maximum absolute atomic E-state index is 2.49. The van der Waals surface area contributed by atoms with Crippen LogP contribution in [0.1, 0.15) is 5.56 Å². The number of fused-ring (bicyclic) bond motifs is 6. The highest BCUT2D eigenvalue weighted by Gasteiger charge is 2.25. The Balaban J connectivity index is 1.86. The number of nitrogens with zero attached hydrogens (tertiary/aromatic N) is 1. The summed E-state index contributed by atoms with van der Waals surface area (Å²) in [6.45, 7) is 2.20. The molecule has 0 N–H and O–H groups in total. The Morgan fingerprint density at radius 2 is 0.935 bits per heavy atom. The van der Waals surface area contributed by atoms with Gasteiger partial charge in [0.25, 0.3) is 0 Å². The summed E-state index contributed by atoms with van der Waals surface area (Å²) in [5, 5.41) is 7.88. The first-order valence-electron chi connectivity index (χ1n) is 10.8. The number of rotatable bonds is 1. The van der Waals surface area contributed by atoms with Gasteiger partial charge >= 0.3 is 0 Å². The SMILES string of the molecule is Cc1cc2c3ccccc3c3cc(-c4ccccc4)cc4c5ccccc5c(c1)c2[n+]34. The highest BCUT2D eigenvalue weighted by molar-refractivity contribution is 6.21. The molecule has 0 bridgehead atoms. The van der Waals surface area contributed by atoms with Crippen molar-refractivity contribution in [3.8, 4) is 11.1 Å². The average molecular weight is 394 g/mol. The van der Waals surface area contributed by atoms with Crippen LogP contribution in [0.15, 0.2) is 103 Å². The van der Waals surface area contributed by atoms with Crippen LogP contribution < -0.4 is 4.40 Å². The summed E-state index contributed by atoms with van der Waals surface area (Å²) in [4.78, 5) is 0. The molecule has 0 spiro atoms. The molecule has 0 amide bonds. The van der Waals surface area contributed by atoms with Crippen LogP contribution in [0.4, 0.5) is 0 Å². The first kappa shape index (κ1) is 16.8. The monoisotopic (exact) mass is 394 g/mol. The van der Waals surface area contributed by atoms with Gasteiger partial charge in [-0.15, -0.1) is 0 Å². The average Bonchev–Trinajstić information content (AvgIpc) is 2.83. The van der Waals surface area contributed by atoms with E-state index in [2.05, 4.69) is 114 Å². The van der Waals surface area contributed by atoms with Gasteiger partial charge in [0, 0.05) is 22.9 Å². The third-order valence-corrected chi connectivity index (χ3v) is 6.64. The van der Waals surface area contributed by atoms with Crippen molar-refractivity contribution in [1.29, 1.82) is 0 Å². The molecule has 3 aromatic heterocycles. The Kier molecular flexibility index (Phi) is 3.26. The minimum atomic E-state index is 1.25. The molecule has 0 atom stereocenters. The van der Waals surface area contributed by atoms with E-state index in [0.29, 0.717) is 0 Å². The molecule has 0 aliphatic heterocycles. The maximum Gasteiger partial charge on any atom is 0.227 e. The summed E-state index contributed by atoms with van der Waals surface area (Å²) in [5.74, 6) is 0. The van der Waals surface area contributed by atoms with Gasteiger partial charge in [0.05, 0.1) is 21.5 Å². The Bertz CT molecular complexity index is 1670. The minimum absolute atomic E-state index is 1.25. The molecule has 31 heavy (non-hydrogen) atoms. The van der Waals surface area contributed by atoms with Crippen LogP contribution in [0.5, 0.6) is 0 Å². The number of aryl methyl sites for hydroxylation is 1. The molecule has 0 unspecified atom stereocenters. The van der Waals surface area contributed by atoms with Crippen LogP contribution in [-0.2, 0) is 0 Å². The van der Waals surface area contributed by atoms with Gasteiger partial charge in [-0.2, -0.15) is 4.40 Å². The van der Waals surface area contributed by atoms with Gasteiger partial charge in [-0.1, -0.05) is 66.7 Å². The van der Waals surface area contributed by atoms with Crippen molar-refractivity contribution in [2.75, 3.05) is 0 Å². The first-order valence-corrected chi connectivity index (χ1v) is 10.8. The van der Waals surface area contributed by atoms with Gasteiger partial charge in [-0.25, -0.2) is 0 Å². The van der Waals surface area contributed by atoms with Gasteiger partial charge < -0.3 is 0 Å². The number of pyridine rings is 3. The fourth-order valence-electron chi connectivity index (χ4n) is 5.34. The summed E-state index contributed by atoms with van der Waals surface area (Å²) in [5.41, 5.74) is 7.64. The lowest BCUT2D eigenvalue weighted by Gasteiger charge is -2.13. The summed E-state index contributed by atoms with van der Waals surface area (Å²) in [6, 6.07) is 37.8. The second-order valence-corrected chi connectivity index (χ2v) is 8.52. The molecule has 1 nitrogen and oxygen atoms in total. The highest BCUT2D eigenvalue weighted by Crippen LogP contribution is 2.37. The topological polar surface area (TPSA) is 4.10 Å². The normalized spacial score (nSPS) is 12.0. The summed E-state index contributed by atoms with van der Waals surface area (Å²) >= 11 is 0. The second kappa shape index (κ2) is 6.02. The molecule has 0 aliphatic rings. The Hall–Kier alpha value is -3.97. The molecule has 0 aliphatic carbocycles. The molecule has 7 aromatic rings. The number of hydrogen-bond donors (Lipinski definition) is 0. The van der Waals surface area contributed by atoms with E-state index in [1.807, 2.05) is 0 Å². The minimum Gasteiger partial charge on any atom is -0.152 e. The van der Waals surface area contributed by atoms with Crippen molar-refractivity contribution in [2.45, 2.75) is 6.92 Å². The molecule has 0 saturated heterocycles. The Labute approximate surface area is 180 Å². The molecule has 7 rings (SSSR count). The molecule has 144 valence electrons. The van der Waals surface area contributed by atoms with Crippen molar-refractivity contribution in [3.05, 3.63) is 109 Å². The summed E-state index contributed by atoms with van der Waals surface area (Å²) in [7, 11) is 0. The van der Waals surface area contributed by atoms with E-state index < -0.39 is 0 Å². The number of benzene rings is 4. The van der Waals surface area contributed by atoms with E-state index >= 15 is 0 Å². The molecule has 3 heterocycles. The van der Waals surface area contributed by atoms with E-state index in [0.717, 1.165) is 0 Å². The van der Waals surface area contributed by atoms with Crippen molar-refractivity contribution in [1.82, 2.24) is 0 Å². The molecule has 4 aromatic carbocycles. The smallest absolute Gasteiger partial charge is 0.152 e. The third-order valence-electron chi connectivity index (χ3n) is 6.64. The summed E-state index contributed by atoms with van der Waals surface area (Å²) < 4.78 is 2.49. The molecular formula is C30H20N+. The standard InChI is InChI=1S/C30H20N/c1-19-15-26-22-11-5-7-13-24(22)28-17-21(20-9-3-2-4-10-20)18-29-25-14-8-6-12-23(25)27(16-19)30(26)31(28)29/h2-18H,1H3/q+1. The molecule has 0 saturated carbocycles. The van der Waals surface area contributed by atoms with Gasteiger partial charge in [0.15, 0.2) is 0 Å². The van der Waals surface area contributed by atoms with E-state index in [4.69, 9.17) is 0 Å². The molecular weight excluding hydrogens is 374 g/mol. The number of aromatic nitrogens is 1. The fourth-order valence-corrected chi connectivity index (χ4v) is 5.34. The van der Waals surface area contributed by atoms with Gasteiger partial charge in [0.2, 0.25) is 16.6 Å². The Morgan fingerprint density at radius 1 is 0.452 bits per heavy atom. The molecule has 0 fully saturated rings. The lowest BCUT2D eigenvalue weighted by molar-refractivity contribution is -0.448. The van der Waals surface area contributed by atoms with Crippen molar-refractivity contribution >= 4 is 48.9 Å². The largest absolute Gasteiger partial charge is 0.227 e. The highest BCUT2D eigenvalue weighted by atomic mass is 14.9. The van der Waals surface area contributed by atoms with Gasteiger partial charge in [-0.05, 0) is 47.9 Å². The summed E-state index contributed by atoms with van der Waals surface area (Å²) in [6.07, 6.45) is 0. The quantitative estimate of drug-likeness (QED) is 0.155. The zero-order valence-corrected chi connectivity index (χ0v) is 17.3. The molecule has 1 heteroatoms. The van der Waals surface area contributed by atoms with E-state index in [1.54, 1.807) is 0 Å². The van der Waals surface area contributed by atoms with Crippen molar-refractivity contribution in [3.63, 3.8) is 0 Å². The fraction of sp³-hybridized carbons (Fsp3) is 0.0333. The zero-order valence-electron chi connectivity index (χ0n) is 17.3. The number of hydrogen-bond acceptors (Lipinski definition) is 0. The van der Waals surface area contributed by atoms with E-state index in [9.17, 15) is 0 Å². The molecule has 0 radical (unpaired) electrons. The van der Waals surface area contributed by atoms with Gasteiger partial charge in [0.1, 0.15) is 0 Å². The predicted molar refractivity (Wildman–Crippen MR) is 131 cm³/mol. The van der Waals surface area contributed by atoms with E-state index in [1.165, 1.54) is 65.6 Å². The predicted octanol–water partition coefficient (Wildman–Crippen LogP) is 7.45. The first-order chi connectivity index (χ1) is 15.3. The van der Waals surface area contributed by atoms with Crippen LogP contribution in [0, 0.1) is 6.92 Å². The maximum atomic E-state index is 2.49. The lowest BCUT2D eigenvalue weighted by atomic mass is 9.94. The van der Waals surface area contributed by atoms with Crippen LogP contribution in [0.3, 0.4) is 0 Å².